The molecule has 0 radical (unpaired) electrons. The Bertz CT molecular complexity index is 685. The van der Waals surface area contributed by atoms with Gasteiger partial charge in [-0.15, -0.1) is 0 Å². The molecule has 0 unspecified atom stereocenters. The molecule has 2 nitrogen and oxygen atoms in total. The number of hydrogen-bond acceptors (Lipinski definition) is 1. The number of nitrogens with zero attached hydrogens (tertiary/aromatic N) is 2. The summed E-state index contributed by atoms with van der Waals surface area (Å²) in [7, 11) is 0. The number of nitriles is 1. The van der Waals surface area contributed by atoms with Crippen LogP contribution >= 0.6 is 15.9 Å². The monoisotopic (exact) mass is 328 g/mol. The summed E-state index contributed by atoms with van der Waals surface area (Å²) in [5.74, 6) is 0. The van der Waals surface area contributed by atoms with Crippen molar-refractivity contribution in [3.05, 3.63) is 57.3 Å². The molecule has 20 heavy (non-hydrogen) atoms. The van der Waals surface area contributed by atoms with Crippen molar-refractivity contribution in [1.29, 1.82) is 5.26 Å². The van der Waals surface area contributed by atoms with Crippen molar-refractivity contribution in [1.82, 2.24) is 4.57 Å². The van der Waals surface area contributed by atoms with Crippen molar-refractivity contribution in [2.24, 2.45) is 0 Å². The molecule has 0 aliphatic rings. The van der Waals surface area contributed by atoms with Crippen molar-refractivity contribution in [2.75, 3.05) is 0 Å². The number of halogens is 1. The number of allylic oxidation sites excluding steroid dienone is 1. The van der Waals surface area contributed by atoms with E-state index < -0.39 is 0 Å². The summed E-state index contributed by atoms with van der Waals surface area (Å²) >= 11 is 3.41. The van der Waals surface area contributed by atoms with Crippen LogP contribution in [-0.4, -0.2) is 4.57 Å². The topological polar surface area (TPSA) is 28.7 Å². The molecule has 0 amide bonds. The maximum atomic E-state index is 9.40. The Hall–Kier alpha value is -1.79. The van der Waals surface area contributed by atoms with Crippen molar-refractivity contribution >= 4 is 27.6 Å². The van der Waals surface area contributed by atoms with Gasteiger partial charge in [-0.25, -0.2) is 0 Å². The fourth-order valence-electron chi connectivity index (χ4n) is 2.43. The molecule has 102 valence electrons. The van der Waals surface area contributed by atoms with Crippen LogP contribution in [0, 0.1) is 25.2 Å². The second-order valence-corrected chi connectivity index (χ2v) is 5.66. The molecule has 1 aromatic carbocycles. The summed E-state index contributed by atoms with van der Waals surface area (Å²) in [5.41, 5.74) is 5.17. The van der Waals surface area contributed by atoms with Crippen molar-refractivity contribution in [3.63, 3.8) is 0 Å². The highest BCUT2D eigenvalue weighted by molar-refractivity contribution is 9.10. The number of benzene rings is 1. The Kier molecular flexibility index (Phi) is 4.46. The van der Waals surface area contributed by atoms with Crippen molar-refractivity contribution in [3.8, 4) is 6.07 Å². The molecule has 0 atom stereocenters. The summed E-state index contributed by atoms with van der Waals surface area (Å²) in [4.78, 5) is 0. The van der Waals surface area contributed by atoms with E-state index in [-0.39, 0.29) is 0 Å². The average Bonchev–Trinajstić information content (AvgIpc) is 2.71. The SMILES string of the molecule is CCn1c(C)cc(/C=C(\C#N)c2ccc(Br)cc2)c1C. The molecule has 0 spiro atoms. The lowest BCUT2D eigenvalue weighted by Crippen LogP contribution is -1.98. The second-order valence-electron chi connectivity index (χ2n) is 4.75. The highest BCUT2D eigenvalue weighted by Gasteiger charge is 2.08. The molecule has 0 saturated carbocycles. The van der Waals surface area contributed by atoms with Gasteiger partial charge in [-0.2, -0.15) is 5.26 Å². The molecule has 0 bridgehead atoms. The summed E-state index contributed by atoms with van der Waals surface area (Å²) in [5, 5.41) is 9.40. The lowest BCUT2D eigenvalue weighted by atomic mass is 10.0. The maximum absolute atomic E-state index is 9.40. The van der Waals surface area contributed by atoms with Crippen LogP contribution in [0.15, 0.2) is 34.8 Å². The minimum Gasteiger partial charge on any atom is -0.349 e. The van der Waals surface area contributed by atoms with Crippen LogP contribution in [-0.2, 0) is 6.54 Å². The molecule has 0 saturated heterocycles. The van der Waals surface area contributed by atoms with Crippen LogP contribution in [0.3, 0.4) is 0 Å². The molecule has 0 aliphatic carbocycles. The van der Waals surface area contributed by atoms with Gasteiger partial charge >= 0.3 is 0 Å². The van der Waals surface area contributed by atoms with Gasteiger partial charge in [0.15, 0.2) is 0 Å². The van der Waals surface area contributed by atoms with Crippen molar-refractivity contribution in [2.45, 2.75) is 27.3 Å². The van der Waals surface area contributed by atoms with Gasteiger partial charge in [0.2, 0.25) is 0 Å². The van der Waals surface area contributed by atoms with Crippen LogP contribution in [0.5, 0.6) is 0 Å². The minimum atomic E-state index is 0.689. The van der Waals surface area contributed by atoms with Gasteiger partial charge in [0, 0.05) is 22.4 Å². The minimum absolute atomic E-state index is 0.689. The lowest BCUT2D eigenvalue weighted by Gasteiger charge is -2.05. The van der Waals surface area contributed by atoms with Gasteiger partial charge < -0.3 is 4.57 Å². The normalized spacial score (nSPS) is 11.4. The first-order valence-electron chi connectivity index (χ1n) is 6.61. The van der Waals surface area contributed by atoms with Crippen molar-refractivity contribution < 1.29 is 0 Å². The summed E-state index contributed by atoms with van der Waals surface area (Å²) in [6.07, 6.45) is 1.97. The molecular formula is C17H17BrN2. The standard InChI is InChI=1S/C17H17BrN2/c1-4-20-12(2)9-15(13(20)3)10-16(11-19)14-5-7-17(18)8-6-14/h5-10H,4H2,1-3H3/b16-10+. The zero-order valence-corrected chi connectivity index (χ0v) is 13.5. The Labute approximate surface area is 128 Å². The summed E-state index contributed by atoms with van der Waals surface area (Å²) < 4.78 is 3.27. The lowest BCUT2D eigenvalue weighted by molar-refractivity contribution is 0.718. The summed E-state index contributed by atoms with van der Waals surface area (Å²) in [6, 6.07) is 12.3. The van der Waals surface area contributed by atoms with Gasteiger partial charge in [0.25, 0.3) is 0 Å². The molecule has 0 fully saturated rings. The predicted octanol–water partition coefficient (Wildman–Crippen LogP) is 4.95. The molecule has 1 heterocycles. The quantitative estimate of drug-likeness (QED) is 0.732. The molecule has 0 aliphatic heterocycles. The molecule has 0 N–H and O–H groups in total. The van der Waals surface area contributed by atoms with Crippen LogP contribution in [0.25, 0.3) is 11.6 Å². The third-order valence-corrected chi connectivity index (χ3v) is 4.03. The van der Waals surface area contributed by atoms with Gasteiger partial charge in [0.1, 0.15) is 0 Å². The van der Waals surface area contributed by atoms with E-state index in [0.717, 1.165) is 22.1 Å². The van der Waals surface area contributed by atoms with E-state index in [1.165, 1.54) is 11.4 Å². The number of hydrogen-bond donors (Lipinski definition) is 0. The van der Waals surface area contributed by atoms with E-state index in [4.69, 9.17) is 0 Å². The van der Waals surface area contributed by atoms with E-state index in [1.54, 1.807) is 0 Å². The predicted molar refractivity (Wildman–Crippen MR) is 87.2 cm³/mol. The summed E-state index contributed by atoms with van der Waals surface area (Å²) in [6.45, 7) is 7.28. The number of aromatic nitrogens is 1. The zero-order chi connectivity index (χ0) is 14.7. The van der Waals surface area contributed by atoms with Gasteiger partial charge in [0.05, 0.1) is 11.6 Å². The first-order chi connectivity index (χ1) is 9.56. The van der Waals surface area contributed by atoms with E-state index in [0.29, 0.717) is 5.57 Å². The number of aryl methyl sites for hydroxylation is 1. The van der Waals surface area contributed by atoms with Gasteiger partial charge in [-0.05, 0) is 56.2 Å². The molecule has 2 rings (SSSR count). The van der Waals surface area contributed by atoms with Gasteiger partial charge in [-0.3, -0.25) is 0 Å². The third-order valence-electron chi connectivity index (χ3n) is 3.50. The molecule has 2 aromatic rings. The van der Waals surface area contributed by atoms with E-state index >= 15 is 0 Å². The Balaban J connectivity index is 2.47. The molecular weight excluding hydrogens is 312 g/mol. The van der Waals surface area contributed by atoms with E-state index in [9.17, 15) is 5.26 Å². The number of rotatable bonds is 3. The first-order valence-corrected chi connectivity index (χ1v) is 7.40. The van der Waals surface area contributed by atoms with E-state index in [1.807, 2.05) is 30.3 Å². The second kappa shape index (κ2) is 6.11. The van der Waals surface area contributed by atoms with Crippen LogP contribution < -0.4 is 0 Å². The maximum Gasteiger partial charge on any atom is 0.0998 e. The molecule has 1 aromatic heterocycles. The Morgan fingerprint density at radius 3 is 2.45 bits per heavy atom. The highest BCUT2D eigenvalue weighted by Crippen LogP contribution is 2.23. The first kappa shape index (κ1) is 14.6. The largest absolute Gasteiger partial charge is 0.349 e. The van der Waals surface area contributed by atoms with Gasteiger partial charge in [-0.1, -0.05) is 28.1 Å². The highest BCUT2D eigenvalue weighted by atomic mass is 79.9. The van der Waals surface area contributed by atoms with E-state index in [2.05, 4.69) is 53.4 Å². The Morgan fingerprint density at radius 1 is 1.30 bits per heavy atom. The van der Waals surface area contributed by atoms with Crippen LogP contribution in [0.2, 0.25) is 0 Å². The fraction of sp³-hybridized carbons (Fsp3) is 0.235. The molecule has 3 heteroatoms. The fourth-order valence-corrected chi connectivity index (χ4v) is 2.69. The third kappa shape index (κ3) is 2.86. The zero-order valence-electron chi connectivity index (χ0n) is 11.9. The average molecular weight is 329 g/mol. The van der Waals surface area contributed by atoms with Crippen LogP contribution in [0.4, 0.5) is 0 Å². The Morgan fingerprint density at radius 2 is 1.95 bits per heavy atom. The smallest absolute Gasteiger partial charge is 0.0998 e. The van der Waals surface area contributed by atoms with Crippen LogP contribution in [0.1, 0.15) is 29.4 Å².